The van der Waals surface area contributed by atoms with Crippen LogP contribution in [-0.4, -0.2) is 27.4 Å². The molecule has 0 aliphatic carbocycles. The first-order valence-corrected chi connectivity index (χ1v) is 7.04. The van der Waals surface area contributed by atoms with Crippen molar-refractivity contribution in [2.75, 3.05) is 6.54 Å². The fourth-order valence-electron chi connectivity index (χ4n) is 2.14. The average Bonchev–Trinajstić information content (AvgIpc) is 3.01. The highest BCUT2D eigenvalue weighted by Crippen LogP contribution is 2.14. The van der Waals surface area contributed by atoms with E-state index in [1.807, 2.05) is 19.9 Å². The molecule has 0 fully saturated rings. The molecule has 2 aromatic heterocycles. The molecular formula is C16H16N4O2. The normalized spacial score (nSPS) is 10.8. The van der Waals surface area contributed by atoms with Crippen LogP contribution in [0.1, 0.15) is 27.4 Å². The molecular weight excluding hydrogens is 280 g/mol. The molecule has 3 rings (SSSR count). The Hall–Kier alpha value is -2.76. The molecule has 0 saturated heterocycles. The third-order valence-electron chi connectivity index (χ3n) is 3.49. The molecule has 0 aliphatic rings. The minimum atomic E-state index is -0.134. The van der Waals surface area contributed by atoms with E-state index in [0.717, 1.165) is 28.1 Å². The number of benzene rings is 1. The maximum atomic E-state index is 12.2. The molecule has 0 radical (unpaired) electrons. The second-order valence-electron chi connectivity index (χ2n) is 5.08. The van der Waals surface area contributed by atoms with Crippen molar-refractivity contribution < 1.29 is 9.21 Å². The number of nitrogens with zero attached hydrogens (tertiary/aromatic N) is 3. The highest BCUT2D eigenvalue weighted by molar-refractivity contribution is 5.97. The van der Waals surface area contributed by atoms with Crippen LogP contribution in [-0.2, 0) is 6.42 Å². The summed E-state index contributed by atoms with van der Waals surface area (Å²) in [6.45, 7) is 4.33. The fraction of sp³-hybridized carbons (Fsp3) is 0.250. The topological polar surface area (TPSA) is 80.9 Å². The molecule has 0 spiro atoms. The number of carbonyl (C=O) groups excluding carboxylic acids is 1. The molecule has 0 atom stereocenters. The maximum absolute atomic E-state index is 12.2. The van der Waals surface area contributed by atoms with Crippen molar-refractivity contribution in [1.29, 1.82) is 0 Å². The van der Waals surface area contributed by atoms with Crippen molar-refractivity contribution in [3.63, 3.8) is 0 Å². The van der Waals surface area contributed by atoms with Gasteiger partial charge >= 0.3 is 0 Å². The second-order valence-corrected chi connectivity index (χ2v) is 5.08. The summed E-state index contributed by atoms with van der Waals surface area (Å²) in [6, 6.07) is 5.35. The lowest BCUT2D eigenvalue weighted by Gasteiger charge is -2.06. The summed E-state index contributed by atoms with van der Waals surface area (Å²) < 4.78 is 4.89. The van der Waals surface area contributed by atoms with Crippen LogP contribution in [0.5, 0.6) is 0 Å². The second kappa shape index (κ2) is 5.93. The lowest BCUT2D eigenvalue weighted by atomic mass is 10.1. The summed E-state index contributed by atoms with van der Waals surface area (Å²) in [4.78, 5) is 25.1. The first-order chi connectivity index (χ1) is 10.6. The molecule has 1 amide bonds. The lowest BCUT2D eigenvalue weighted by Crippen LogP contribution is -2.25. The zero-order chi connectivity index (χ0) is 15.5. The number of aryl methyl sites for hydroxylation is 2. The standard InChI is InChI=1S/C16H16N4O2/c1-10-11(2)20-15-7-12(3-4-14(15)19-10)16(21)17-6-5-13-8-22-9-18-13/h3-4,7-9H,5-6H2,1-2H3,(H,17,21). The van der Waals surface area contributed by atoms with Gasteiger partial charge in [-0.15, -0.1) is 0 Å². The lowest BCUT2D eigenvalue weighted by molar-refractivity contribution is 0.0954. The van der Waals surface area contributed by atoms with E-state index in [1.165, 1.54) is 6.39 Å². The summed E-state index contributed by atoms with van der Waals surface area (Å²) in [7, 11) is 0. The van der Waals surface area contributed by atoms with Gasteiger partial charge in [-0.1, -0.05) is 0 Å². The molecule has 6 nitrogen and oxygen atoms in total. The number of nitrogens with one attached hydrogen (secondary N) is 1. The molecule has 0 bridgehead atoms. The number of carbonyl (C=O) groups is 1. The molecule has 0 aliphatic heterocycles. The van der Waals surface area contributed by atoms with E-state index in [2.05, 4.69) is 20.3 Å². The minimum absolute atomic E-state index is 0.134. The van der Waals surface area contributed by atoms with E-state index in [0.29, 0.717) is 18.5 Å². The first-order valence-electron chi connectivity index (χ1n) is 7.04. The summed E-state index contributed by atoms with van der Waals surface area (Å²) in [5.41, 5.74) is 4.68. The van der Waals surface area contributed by atoms with E-state index in [-0.39, 0.29) is 5.91 Å². The third kappa shape index (κ3) is 2.95. The molecule has 112 valence electrons. The zero-order valence-electron chi connectivity index (χ0n) is 12.5. The van der Waals surface area contributed by atoms with Crippen LogP contribution < -0.4 is 5.32 Å². The molecule has 3 aromatic rings. The van der Waals surface area contributed by atoms with Gasteiger partial charge in [0.05, 0.1) is 28.1 Å². The zero-order valence-corrected chi connectivity index (χ0v) is 12.5. The Labute approximate surface area is 127 Å². The number of aromatic nitrogens is 3. The predicted molar refractivity (Wildman–Crippen MR) is 81.6 cm³/mol. The highest BCUT2D eigenvalue weighted by Gasteiger charge is 2.08. The third-order valence-corrected chi connectivity index (χ3v) is 3.49. The van der Waals surface area contributed by atoms with Gasteiger partial charge in [0.15, 0.2) is 6.39 Å². The molecule has 1 aromatic carbocycles. The number of hydrogen-bond donors (Lipinski definition) is 1. The minimum Gasteiger partial charge on any atom is -0.451 e. The smallest absolute Gasteiger partial charge is 0.251 e. The molecule has 22 heavy (non-hydrogen) atoms. The van der Waals surface area contributed by atoms with Gasteiger partial charge in [0.2, 0.25) is 0 Å². The number of fused-ring (bicyclic) bond motifs is 1. The number of oxazole rings is 1. The Bertz CT molecular complexity index is 812. The van der Waals surface area contributed by atoms with Gasteiger partial charge < -0.3 is 9.73 Å². The van der Waals surface area contributed by atoms with Gasteiger partial charge in [-0.2, -0.15) is 0 Å². The Morgan fingerprint density at radius 1 is 1.18 bits per heavy atom. The molecule has 2 heterocycles. The summed E-state index contributed by atoms with van der Waals surface area (Å²) in [6.07, 6.45) is 3.58. The number of hydrogen-bond acceptors (Lipinski definition) is 5. The summed E-state index contributed by atoms with van der Waals surface area (Å²) in [5, 5.41) is 2.86. The van der Waals surface area contributed by atoms with Gasteiger partial charge in [0.25, 0.3) is 5.91 Å². The van der Waals surface area contributed by atoms with Crippen LogP contribution in [0.3, 0.4) is 0 Å². The maximum Gasteiger partial charge on any atom is 0.251 e. The van der Waals surface area contributed by atoms with Crippen LogP contribution >= 0.6 is 0 Å². The number of amides is 1. The van der Waals surface area contributed by atoms with Crippen LogP contribution in [0.2, 0.25) is 0 Å². The van der Waals surface area contributed by atoms with Crippen LogP contribution in [0.25, 0.3) is 11.0 Å². The summed E-state index contributed by atoms with van der Waals surface area (Å²) >= 11 is 0. The van der Waals surface area contributed by atoms with Crippen molar-refractivity contribution in [3.05, 3.63) is 53.5 Å². The molecule has 1 N–H and O–H groups in total. The number of rotatable bonds is 4. The quantitative estimate of drug-likeness (QED) is 0.798. The van der Waals surface area contributed by atoms with Gasteiger partial charge in [-0.05, 0) is 32.0 Å². The van der Waals surface area contributed by atoms with Crippen LogP contribution in [0.15, 0.2) is 35.3 Å². The Morgan fingerprint density at radius 3 is 2.68 bits per heavy atom. The Kier molecular flexibility index (Phi) is 3.82. The molecule has 0 unspecified atom stereocenters. The first kappa shape index (κ1) is 14.2. The van der Waals surface area contributed by atoms with Gasteiger partial charge in [0.1, 0.15) is 6.26 Å². The van der Waals surface area contributed by atoms with Crippen molar-refractivity contribution in [3.8, 4) is 0 Å². The van der Waals surface area contributed by atoms with Crippen molar-refractivity contribution >= 4 is 16.9 Å². The van der Waals surface area contributed by atoms with E-state index < -0.39 is 0 Å². The summed E-state index contributed by atoms with van der Waals surface area (Å²) in [5.74, 6) is -0.134. The monoisotopic (exact) mass is 296 g/mol. The van der Waals surface area contributed by atoms with E-state index in [4.69, 9.17) is 4.42 Å². The van der Waals surface area contributed by atoms with Crippen molar-refractivity contribution in [1.82, 2.24) is 20.3 Å². The van der Waals surface area contributed by atoms with Crippen molar-refractivity contribution in [2.45, 2.75) is 20.3 Å². The van der Waals surface area contributed by atoms with Crippen LogP contribution in [0.4, 0.5) is 0 Å². The van der Waals surface area contributed by atoms with E-state index in [1.54, 1.807) is 18.4 Å². The van der Waals surface area contributed by atoms with Gasteiger partial charge in [-0.3, -0.25) is 4.79 Å². The largest absolute Gasteiger partial charge is 0.451 e. The highest BCUT2D eigenvalue weighted by atomic mass is 16.3. The Balaban J connectivity index is 1.72. The average molecular weight is 296 g/mol. The van der Waals surface area contributed by atoms with Crippen molar-refractivity contribution in [2.24, 2.45) is 0 Å². The SMILES string of the molecule is Cc1nc2ccc(C(=O)NCCc3cocn3)cc2nc1C. The molecule has 0 saturated carbocycles. The van der Waals surface area contributed by atoms with Gasteiger partial charge in [-0.25, -0.2) is 15.0 Å². The fourth-order valence-corrected chi connectivity index (χ4v) is 2.14. The van der Waals surface area contributed by atoms with E-state index in [9.17, 15) is 4.79 Å². The van der Waals surface area contributed by atoms with Gasteiger partial charge in [0, 0.05) is 18.5 Å². The van der Waals surface area contributed by atoms with E-state index >= 15 is 0 Å². The van der Waals surface area contributed by atoms with Crippen LogP contribution in [0, 0.1) is 13.8 Å². The predicted octanol–water partition coefficient (Wildman–Crippen LogP) is 2.21. The molecule has 6 heteroatoms. The Morgan fingerprint density at radius 2 is 1.95 bits per heavy atom.